The maximum atomic E-state index is 13.0. The van der Waals surface area contributed by atoms with Crippen LogP contribution in [-0.4, -0.2) is 182 Å². The van der Waals surface area contributed by atoms with E-state index in [9.17, 15) is 55.9 Å². The molecule has 0 spiro atoms. The molecular formula is C42H70O18. The molecule has 3 aliphatic rings. The van der Waals surface area contributed by atoms with E-state index in [1.54, 1.807) is 6.92 Å². The lowest BCUT2D eigenvalue weighted by Gasteiger charge is -2.46. The second kappa shape index (κ2) is 28.5. The summed E-state index contributed by atoms with van der Waals surface area (Å²) in [4.78, 5) is 13.0. The van der Waals surface area contributed by atoms with Gasteiger partial charge in [0, 0.05) is 12.3 Å². The maximum absolute atomic E-state index is 13.0. The molecular weight excluding hydrogens is 792 g/mol. The maximum Gasteiger partial charge on any atom is 0.306 e. The molecule has 60 heavy (non-hydrogen) atoms. The van der Waals surface area contributed by atoms with Gasteiger partial charge in [-0.05, 0) is 44.9 Å². The number of aliphatic hydroxyl groups is 10. The predicted octanol–water partition coefficient (Wildman–Crippen LogP) is -0.224. The molecule has 3 rings (SSSR count). The third-order valence-electron chi connectivity index (χ3n) is 10.6. The molecule has 0 aromatic heterocycles. The first-order valence-electron chi connectivity index (χ1n) is 21.1. The monoisotopic (exact) mass is 862 g/mol. The van der Waals surface area contributed by atoms with Crippen molar-refractivity contribution in [1.82, 2.24) is 0 Å². The first kappa shape index (κ1) is 52.1. The summed E-state index contributed by atoms with van der Waals surface area (Å²) in [6.07, 6.45) is 2.22. The van der Waals surface area contributed by atoms with Crippen molar-refractivity contribution in [2.24, 2.45) is 5.92 Å². The largest absolute Gasteiger partial charge is 0.457 e. The Bertz CT molecular complexity index is 1290. The number of rotatable bonds is 26. The molecule has 0 amide bonds. The van der Waals surface area contributed by atoms with Crippen LogP contribution in [0.5, 0.6) is 0 Å². The third-order valence-corrected chi connectivity index (χ3v) is 10.6. The number of allylic oxidation sites excluding steroid dienone is 8. The summed E-state index contributed by atoms with van der Waals surface area (Å²) in [5.74, 6) is -1.33. The first-order valence-corrected chi connectivity index (χ1v) is 21.1. The van der Waals surface area contributed by atoms with Crippen molar-refractivity contribution in [3.8, 4) is 0 Å². The zero-order valence-corrected chi connectivity index (χ0v) is 34.7. The number of unbranched alkanes of at least 4 members (excludes halogenated alkanes) is 4. The lowest BCUT2D eigenvalue weighted by atomic mass is 9.91. The fourth-order valence-corrected chi connectivity index (χ4v) is 6.79. The van der Waals surface area contributed by atoms with Gasteiger partial charge in [-0.15, -0.1) is 0 Å². The summed E-state index contributed by atoms with van der Waals surface area (Å²) in [7, 11) is 0. The molecule has 0 saturated carbocycles. The van der Waals surface area contributed by atoms with Gasteiger partial charge in [0.05, 0.1) is 45.2 Å². The van der Waals surface area contributed by atoms with E-state index in [0.717, 1.165) is 25.7 Å². The summed E-state index contributed by atoms with van der Waals surface area (Å²) < 4.78 is 39.3. The molecule has 346 valence electrons. The van der Waals surface area contributed by atoms with E-state index in [1.807, 2.05) is 12.2 Å². The number of hydrogen-bond donors (Lipinski definition) is 10. The number of hydrogen-bond acceptors (Lipinski definition) is 18. The standard InChI is InChI=1S/C42H70O18/c1-3-4-5-6-7-8-9-10-11-12-13-14-15-16-17-18-19-20-31(46)56-27(24-54-40-37(52)35(50)33(48)29(22-44)58-40)25-55-41-38(53)39(34(49)30(23-45)59-41)60-42-36(51)32(47)26(2)28(21-43)57-42/h7-8,10-11,13-14,16-17,26-30,32-45,47-53H,3-6,9,12,15,18-25H2,1-2H3/b8-7-,11-10-,14-13-,17-16-/t26-,27?,28-,29-,30-,32+,33-,34-,35+,36-,37-,38-,39+,40-,41-,42+/m1/s1. The van der Waals surface area contributed by atoms with Crippen LogP contribution in [0.3, 0.4) is 0 Å². The van der Waals surface area contributed by atoms with Crippen LogP contribution in [-0.2, 0) is 38.0 Å². The van der Waals surface area contributed by atoms with Gasteiger partial charge in [-0.25, -0.2) is 0 Å². The second-order valence-corrected chi connectivity index (χ2v) is 15.3. The highest BCUT2D eigenvalue weighted by Crippen LogP contribution is 2.32. The molecule has 3 aliphatic heterocycles. The normalized spacial score (nSPS) is 35.9. The van der Waals surface area contributed by atoms with Gasteiger partial charge in [-0.3, -0.25) is 4.79 Å². The van der Waals surface area contributed by atoms with E-state index in [1.165, 1.54) is 19.3 Å². The van der Waals surface area contributed by atoms with Crippen LogP contribution in [0.25, 0.3) is 0 Å². The van der Waals surface area contributed by atoms with Gasteiger partial charge in [0.25, 0.3) is 0 Å². The molecule has 0 aromatic rings. The number of carbonyl (C=O) groups excluding carboxylic acids is 1. The molecule has 18 nitrogen and oxygen atoms in total. The van der Waals surface area contributed by atoms with Crippen LogP contribution in [0.15, 0.2) is 48.6 Å². The van der Waals surface area contributed by atoms with E-state index in [2.05, 4.69) is 43.4 Å². The van der Waals surface area contributed by atoms with Crippen LogP contribution >= 0.6 is 0 Å². The Morgan fingerprint density at radius 2 is 1.05 bits per heavy atom. The van der Waals surface area contributed by atoms with Crippen LogP contribution in [0.4, 0.5) is 0 Å². The van der Waals surface area contributed by atoms with Crippen molar-refractivity contribution >= 4 is 5.97 Å². The third kappa shape index (κ3) is 16.5. The number of aliphatic hydroxyl groups excluding tert-OH is 10. The average Bonchev–Trinajstić information content (AvgIpc) is 3.24. The average molecular weight is 863 g/mol. The fourth-order valence-electron chi connectivity index (χ4n) is 6.79. The van der Waals surface area contributed by atoms with E-state index in [4.69, 9.17) is 33.2 Å². The molecule has 10 N–H and O–H groups in total. The van der Waals surface area contributed by atoms with Crippen molar-refractivity contribution < 1.29 is 89.0 Å². The van der Waals surface area contributed by atoms with Crippen molar-refractivity contribution in [2.75, 3.05) is 33.0 Å². The molecule has 1 unspecified atom stereocenters. The molecule has 0 aromatic carbocycles. The zero-order valence-electron chi connectivity index (χ0n) is 34.7. The van der Waals surface area contributed by atoms with E-state index < -0.39 is 137 Å². The van der Waals surface area contributed by atoms with Crippen molar-refractivity contribution in [1.29, 1.82) is 0 Å². The number of ether oxygens (including phenoxy) is 7. The molecule has 18 heteroatoms. The quantitative estimate of drug-likeness (QED) is 0.0306. The number of carbonyl (C=O) groups is 1. The van der Waals surface area contributed by atoms with Crippen LogP contribution in [0.2, 0.25) is 0 Å². The lowest BCUT2D eigenvalue weighted by molar-refractivity contribution is -0.358. The number of esters is 1. The van der Waals surface area contributed by atoms with Gasteiger partial charge in [0.2, 0.25) is 0 Å². The van der Waals surface area contributed by atoms with E-state index >= 15 is 0 Å². The second-order valence-electron chi connectivity index (χ2n) is 15.3. The SMILES string of the molecule is CCCCC/C=C\C/C=C\C/C=C\C/C=C\CCCC(=O)OC(CO[C@@H]1O[C@H](CO)[C@@H](O)[C@H](O)[C@H]1O)CO[C@@H]1O[C@H](CO)[C@@H](O)[C@H](O[C@@H]2O[C@H](CO)[C@@H](C)[C@H](O)[C@H]2O)[C@H]1O. The zero-order chi connectivity index (χ0) is 44.0. The Labute approximate surface area is 352 Å². The summed E-state index contributed by atoms with van der Waals surface area (Å²) in [5, 5.41) is 103. The highest BCUT2D eigenvalue weighted by Gasteiger charge is 2.51. The Kier molecular flexibility index (Phi) is 24.7. The summed E-state index contributed by atoms with van der Waals surface area (Å²) in [6.45, 7) is 0.706. The summed E-state index contributed by atoms with van der Waals surface area (Å²) in [5.41, 5.74) is 0. The molecule has 3 heterocycles. The van der Waals surface area contributed by atoms with Gasteiger partial charge in [-0.2, -0.15) is 0 Å². The Morgan fingerprint density at radius 3 is 1.60 bits per heavy atom. The van der Waals surface area contributed by atoms with Crippen LogP contribution in [0.1, 0.15) is 78.1 Å². The smallest absolute Gasteiger partial charge is 0.306 e. The Morgan fingerprint density at radius 1 is 0.567 bits per heavy atom. The summed E-state index contributed by atoms with van der Waals surface area (Å²) in [6, 6.07) is 0. The molecule has 3 fully saturated rings. The van der Waals surface area contributed by atoms with Crippen molar-refractivity contribution in [3.63, 3.8) is 0 Å². The minimum atomic E-state index is -1.81. The molecule has 3 saturated heterocycles. The van der Waals surface area contributed by atoms with E-state index in [0.29, 0.717) is 12.8 Å². The van der Waals surface area contributed by atoms with E-state index in [-0.39, 0.29) is 6.42 Å². The van der Waals surface area contributed by atoms with Gasteiger partial charge in [-0.1, -0.05) is 75.3 Å². The van der Waals surface area contributed by atoms with Crippen LogP contribution in [0, 0.1) is 5.92 Å². The Hall–Kier alpha value is -2.21. The fraction of sp³-hybridized carbons (Fsp3) is 0.786. The van der Waals surface area contributed by atoms with Crippen LogP contribution < -0.4 is 0 Å². The molecule has 16 atom stereocenters. The van der Waals surface area contributed by atoms with Gasteiger partial charge >= 0.3 is 5.97 Å². The first-order chi connectivity index (χ1) is 28.9. The Balaban J connectivity index is 1.56. The minimum Gasteiger partial charge on any atom is -0.457 e. The van der Waals surface area contributed by atoms with Crippen molar-refractivity contribution in [3.05, 3.63) is 48.6 Å². The highest BCUT2D eigenvalue weighted by atomic mass is 16.7. The molecule has 0 aliphatic carbocycles. The topological polar surface area (TPSA) is 284 Å². The summed E-state index contributed by atoms with van der Waals surface area (Å²) >= 11 is 0. The molecule has 0 radical (unpaired) electrons. The minimum absolute atomic E-state index is 0.00512. The predicted molar refractivity (Wildman–Crippen MR) is 214 cm³/mol. The van der Waals surface area contributed by atoms with Gasteiger partial charge in [0.1, 0.15) is 61.0 Å². The lowest BCUT2D eigenvalue weighted by Crippen LogP contribution is -2.64. The highest BCUT2D eigenvalue weighted by molar-refractivity contribution is 5.69. The van der Waals surface area contributed by atoms with Crippen molar-refractivity contribution in [2.45, 2.75) is 170 Å². The molecule has 0 bridgehead atoms. The van der Waals surface area contributed by atoms with Gasteiger partial charge in [0.15, 0.2) is 18.9 Å². The van der Waals surface area contributed by atoms with Gasteiger partial charge < -0.3 is 84.2 Å².